The van der Waals surface area contributed by atoms with E-state index in [9.17, 15) is 4.79 Å². The van der Waals surface area contributed by atoms with Gasteiger partial charge in [-0.2, -0.15) is 0 Å². The number of ether oxygens (including phenoxy) is 1. The summed E-state index contributed by atoms with van der Waals surface area (Å²) in [6.07, 6.45) is 0.473. The predicted octanol–water partition coefficient (Wildman–Crippen LogP) is 0.0429. The second-order valence-corrected chi connectivity index (χ2v) is 3.43. The zero-order chi connectivity index (χ0) is 10.3. The Kier molecular flexibility index (Phi) is 6.54. The standard InChI is InChI=1S/C9H20N2O2/c1-10(2)7-8-11(3)6-5-9(12)13-4/h5-8H2,1-4H3. The largest absolute Gasteiger partial charge is 0.469 e. The highest BCUT2D eigenvalue weighted by molar-refractivity contribution is 5.69. The molecule has 0 spiro atoms. The molecule has 0 heterocycles. The summed E-state index contributed by atoms with van der Waals surface area (Å²) in [4.78, 5) is 15.0. The van der Waals surface area contributed by atoms with Gasteiger partial charge in [0.05, 0.1) is 13.5 Å². The van der Waals surface area contributed by atoms with Gasteiger partial charge in [-0.1, -0.05) is 0 Å². The highest BCUT2D eigenvalue weighted by atomic mass is 16.5. The summed E-state index contributed by atoms with van der Waals surface area (Å²) in [7, 11) is 7.50. The first-order chi connectivity index (χ1) is 6.06. The number of rotatable bonds is 6. The molecule has 0 atom stereocenters. The van der Waals surface area contributed by atoms with E-state index >= 15 is 0 Å². The molecule has 0 fully saturated rings. The van der Waals surface area contributed by atoms with Crippen LogP contribution in [-0.4, -0.2) is 63.7 Å². The summed E-state index contributed by atoms with van der Waals surface area (Å²) in [6.45, 7) is 2.75. The number of carbonyl (C=O) groups is 1. The fourth-order valence-corrected chi connectivity index (χ4v) is 0.867. The van der Waals surface area contributed by atoms with Crippen LogP contribution in [0, 0.1) is 0 Å². The molecular formula is C9H20N2O2. The van der Waals surface area contributed by atoms with Gasteiger partial charge >= 0.3 is 5.97 Å². The van der Waals surface area contributed by atoms with Gasteiger partial charge in [-0.05, 0) is 21.1 Å². The van der Waals surface area contributed by atoms with E-state index in [1.54, 1.807) is 0 Å². The van der Waals surface area contributed by atoms with Gasteiger partial charge in [-0.25, -0.2) is 0 Å². The minimum absolute atomic E-state index is 0.142. The zero-order valence-electron chi connectivity index (χ0n) is 9.04. The lowest BCUT2D eigenvalue weighted by Gasteiger charge is -2.18. The highest BCUT2D eigenvalue weighted by Crippen LogP contribution is 1.90. The van der Waals surface area contributed by atoms with Crippen LogP contribution in [-0.2, 0) is 9.53 Å². The van der Waals surface area contributed by atoms with E-state index in [-0.39, 0.29) is 5.97 Å². The molecule has 0 aromatic carbocycles. The van der Waals surface area contributed by atoms with E-state index in [1.165, 1.54) is 7.11 Å². The van der Waals surface area contributed by atoms with Crippen LogP contribution >= 0.6 is 0 Å². The summed E-state index contributed by atoms with van der Waals surface area (Å²) < 4.78 is 4.55. The molecule has 0 aliphatic heterocycles. The van der Waals surface area contributed by atoms with Gasteiger partial charge in [0.1, 0.15) is 0 Å². The van der Waals surface area contributed by atoms with E-state index in [2.05, 4.69) is 14.5 Å². The molecule has 0 aromatic heterocycles. The van der Waals surface area contributed by atoms with Gasteiger partial charge in [-0.3, -0.25) is 4.79 Å². The quantitative estimate of drug-likeness (QED) is 0.551. The van der Waals surface area contributed by atoms with Crippen molar-refractivity contribution in [1.29, 1.82) is 0 Å². The molecule has 0 aromatic rings. The molecule has 0 aliphatic rings. The third-order valence-electron chi connectivity index (χ3n) is 1.85. The molecule has 0 N–H and O–H groups in total. The molecular weight excluding hydrogens is 168 g/mol. The van der Waals surface area contributed by atoms with Crippen LogP contribution in [0.5, 0.6) is 0 Å². The lowest BCUT2D eigenvalue weighted by Crippen LogP contribution is -2.30. The molecule has 0 aliphatic carbocycles. The second kappa shape index (κ2) is 6.86. The molecule has 0 unspecified atom stereocenters. The Balaban J connectivity index is 3.40. The number of nitrogens with zero attached hydrogens (tertiary/aromatic N) is 2. The number of methoxy groups -OCH3 is 1. The fourth-order valence-electron chi connectivity index (χ4n) is 0.867. The van der Waals surface area contributed by atoms with Crippen molar-refractivity contribution >= 4 is 5.97 Å². The first-order valence-electron chi connectivity index (χ1n) is 4.46. The third-order valence-corrected chi connectivity index (χ3v) is 1.85. The Hall–Kier alpha value is -0.610. The van der Waals surface area contributed by atoms with Crippen molar-refractivity contribution in [3.8, 4) is 0 Å². The van der Waals surface area contributed by atoms with E-state index in [0.717, 1.165) is 19.6 Å². The maximum atomic E-state index is 10.8. The zero-order valence-corrected chi connectivity index (χ0v) is 9.04. The van der Waals surface area contributed by atoms with Crippen molar-refractivity contribution in [3.63, 3.8) is 0 Å². The van der Waals surface area contributed by atoms with Gasteiger partial charge in [0.2, 0.25) is 0 Å². The summed E-state index contributed by atoms with van der Waals surface area (Å²) in [5, 5.41) is 0. The van der Waals surface area contributed by atoms with Crippen molar-refractivity contribution in [1.82, 2.24) is 9.80 Å². The van der Waals surface area contributed by atoms with Crippen molar-refractivity contribution in [2.45, 2.75) is 6.42 Å². The molecule has 0 bridgehead atoms. The molecule has 4 heteroatoms. The average Bonchev–Trinajstić information content (AvgIpc) is 2.10. The Bertz CT molecular complexity index is 149. The van der Waals surface area contributed by atoms with Crippen molar-refractivity contribution in [3.05, 3.63) is 0 Å². The molecule has 4 nitrogen and oxygen atoms in total. The van der Waals surface area contributed by atoms with Crippen LogP contribution in [0.4, 0.5) is 0 Å². The Morgan fingerprint density at radius 2 is 1.77 bits per heavy atom. The predicted molar refractivity (Wildman–Crippen MR) is 52.7 cm³/mol. The molecule has 13 heavy (non-hydrogen) atoms. The smallest absolute Gasteiger partial charge is 0.306 e. The molecule has 0 saturated carbocycles. The van der Waals surface area contributed by atoms with Crippen LogP contribution in [0.3, 0.4) is 0 Å². The monoisotopic (exact) mass is 188 g/mol. The Morgan fingerprint density at radius 3 is 2.23 bits per heavy atom. The van der Waals surface area contributed by atoms with E-state index in [1.807, 2.05) is 21.1 Å². The second-order valence-electron chi connectivity index (χ2n) is 3.43. The third kappa shape index (κ3) is 7.74. The fraction of sp³-hybridized carbons (Fsp3) is 0.889. The SMILES string of the molecule is COC(=O)CCN(C)CCN(C)C. The summed E-state index contributed by atoms with van der Waals surface area (Å²) in [5.41, 5.74) is 0. The van der Waals surface area contributed by atoms with Crippen LogP contribution in [0.1, 0.15) is 6.42 Å². The normalized spacial score (nSPS) is 10.9. The number of hydrogen-bond donors (Lipinski definition) is 0. The van der Waals surface area contributed by atoms with Gasteiger partial charge in [0.15, 0.2) is 0 Å². The lowest BCUT2D eigenvalue weighted by molar-refractivity contribution is -0.140. The summed E-state index contributed by atoms with van der Waals surface area (Å²) in [6, 6.07) is 0. The molecule has 0 saturated heterocycles. The maximum absolute atomic E-state index is 10.8. The van der Waals surface area contributed by atoms with Crippen molar-refractivity contribution < 1.29 is 9.53 Å². The number of esters is 1. The van der Waals surface area contributed by atoms with E-state index in [0.29, 0.717) is 6.42 Å². The average molecular weight is 188 g/mol. The minimum Gasteiger partial charge on any atom is -0.469 e. The number of carbonyl (C=O) groups excluding carboxylic acids is 1. The number of likely N-dealkylation sites (N-methyl/N-ethyl adjacent to an activating group) is 2. The Morgan fingerprint density at radius 1 is 1.15 bits per heavy atom. The minimum atomic E-state index is -0.142. The van der Waals surface area contributed by atoms with Crippen molar-refractivity contribution in [2.24, 2.45) is 0 Å². The van der Waals surface area contributed by atoms with Crippen molar-refractivity contribution in [2.75, 3.05) is 47.9 Å². The summed E-state index contributed by atoms with van der Waals surface area (Å²) >= 11 is 0. The first kappa shape index (κ1) is 12.4. The van der Waals surface area contributed by atoms with Crippen LogP contribution in [0.25, 0.3) is 0 Å². The van der Waals surface area contributed by atoms with Gasteiger partial charge in [0, 0.05) is 19.6 Å². The van der Waals surface area contributed by atoms with Crippen LogP contribution in [0.2, 0.25) is 0 Å². The molecule has 0 rings (SSSR count). The topological polar surface area (TPSA) is 32.8 Å². The lowest BCUT2D eigenvalue weighted by atomic mass is 10.4. The Labute approximate surface area is 80.5 Å². The molecule has 0 amide bonds. The van der Waals surface area contributed by atoms with E-state index < -0.39 is 0 Å². The van der Waals surface area contributed by atoms with Gasteiger partial charge in [0.25, 0.3) is 0 Å². The maximum Gasteiger partial charge on any atom is 0.306 e. The highest BCUT2D eigenvalue weighted by Gasteiger charge is 2.03. The van der Waals surface area contributed by atoms with Gasteiger partial charge < -0.3 is 14.5 Å². The summed E-state index contributed by atoms with van der Waals surface area (Å²) in [5.74, 6) is -0.142. The van der Waals surface area contributed by atoms with Crippen LogP contribution < -0.4 is 0 Å². The first-order valence-corrected chi connectivity index (χ1v) is 4.46. The molecule has 0 radical (unpaired) electrons. The van der Waals surface area contributed by atoms with Gasteiger partial charge in [-0.15, -0.1) is 0 Å². The van der Waals surface area contributed by atoms with Crippen LogP contribution in [0.15, 0.2) is 0 Å². The van der Waals surface area contributed by atoms with E-state index in [4.69, 9.17) is 0 Å². The number of hydrogen-bond acceptors (Lipinski definition) is 4. The molecule has 78 valence electrons.